The predicted octanol–water partition coefficient (Wildman–Crippen LogP) is 5.54. The molecule has 0 spiro atoms. The highest BCUT2D eigenvalue weighted by molar-refractivity contribution is 5.80. The second-order valence-corrected chi connectivity index (χ2v) is 11.1. The quantitative estimate of drug-likeness (QED) is 0.379. The van der Waals surface area contributed by atoms with E-state index in [0.29, 0.717) is 18.3 Å². The summed E-state index contributed by atoms with van der Waals surface area (Å²) < 4.78 is 12.0. The van der Waals surface area contributed by atoms with Gasteiger partial charge in [0.15, 0.2) is 0 Å². The van der Waals surface area contributed by atoms with Gasteiger partial charge in [-0.05, 0) is 80.1 Å². The second-order valence-electron chi connectivity index (χ2n) is 11.1. The fourth-order valence-electron chi connectivity index (χ4n) is 5.43. The van der Waals surface area contributed by atoms with Crippen LogP contribution in [-0.4, -0.2) is 47.8 Å². The van der Waals surface area contributed by atoms with Crippen LogP contribution in [0.3, 0.4) is 0 Å². The van der Waals surface area contributed by atoms with E-state index in [1.54, 1.807) is 13.8 Å². The first-order chi connectivity index (χ1) is 18.8. The molecule has 0 aliphatic carbocycles. The number of ether oxygens (including phenoxy) is 2. The third-order valence-corrected chi connectivity index (χ3v) is 8.06. The Morgan fingerprint density at radius 1 is 0.974 bits per heavy atom. The van der Waals surface area contributed by atoms with Gasteiger partial charge in [-0.15, -0.1) is 0 Å². The highest BCUT2D eigenvalue weighted by atomic mass is 16.6. The summed E-state index contributed by atoms with van der Waals surface area (Å²) >= 11 is 0. The number of hydrogen-bond donors (Lipinski definition) is 2. The number of carbonyl (C=O) groups excluding carboxylic acids is 1. The smallest absolute Gasteiger partial charge is 0.408 e. The summed E-state index contributed by atoms with van der Waals surface area (Å²) in [6.45, 7) is 6.72. The molecule has 7 heteroatoms. The number of rotatable bonds is 9. The van der Waals surface area contributed by atoms with Crippen LogP contribution >= 0.6 is 0 Å². The Hall–Kier alpha value is -3.84. The molecule has 3 fully saturated rings. The number of carboxylic acids is 1. The fraction of sp³-hybridized carbons (Fsp3) is 0.375. The largest absolute Gasteiger partial charge is 0.489 e. The van der Waals surface area contributed by atoms with Crippen LogP contribution in [0.5, 0.6) is 5.75 Å². The average molecular weight is 529 g/mol. The number of alkyl carbamates (subject to hydrolysis) is 1. The van der Waals surface area contributed by atoms with Gasteiger partial charge in [0.1, 0.15) is 18.5 Å². The minimum Gasteiger partial charge on any atom is -0.489 e. The molecule has 39 heavy (non-hydrogen) atoms. The third-order valence-electron chi connectivity index (χ3n) is 8.06. The van der Waals surface area contributed by atoms with E-state index in [0.717, 1.165) is 54.7 Å². The van der Waals surface area contributed by atoms with E-state index in [9.17, 15) is 14.7 Å². The lowest BCUT2D eigenvalue weighted by Crippen LogP contribution is -2.52. The van der Waals surface area contributed by atoms with Crippen molar-refractivity contribution >= 4 is 12.1 Å². The van der Waals surface area contributed by atoms with Gasteiger partial charge in [0.2, 0.25) is 0 Å². The standard InChI is InChI=1S/C32H36N2O5/c1-32(2,30(35)36)26-13-11-22(12-14-26)21-38-27-10-6-9-25(19-27)29(24-7-4-3-5-8-24)33-31(37)39-28-20-34-17-15-23(28)16-18-34/h3-14,19,23,28-29H,15-18,20-21H2,1-2H3,(H,33,37)(H,35,36). The molecule has 2 bridgehead atoms. The molecule has 204 valence electrons. The third kappa shape index (κ3) is 6.25. The van der Waals surface area contributed by atoms with Crippen molar-refractivity contribution in [2.45, 2.75) is 50.9 Å². The van der Waals surface area contributed by atoms with Gasteiger partial charge in [-0.3, -0.25) is 9.69 Å². The van der Waals surface area contributed by atoms with Crippen molar-refractivity contribution in [3.8, 4) is 5.75 Å². The molecule has 1 amide bonds. The van der Waals surface area contributed by atoms with Crippen LogP contribution in [0.15, 0.2) is 78.9 Å². The number of nitrogens with one attached hydrogen (secondary N) is 1. The minimum absolute atomic E-state index is 0.0638. The van der Waals surface area contributed by atoms with Crippen molar-refractivity contribution < 1.29 is 24.2 Å². The van der Waals surface area contributed by atoms with E-state index >= 15 is 0 Å². The number of nitrogens with zero attached hydrogens (tertiary/aromatic N) is 1. The molecule has 2 unspecified atom stereocenters. The van der Waals surface area contributed by atoms with Gasteiger partial charge in [-0.2, -0.15) is 0 Å². The zero-order valence-electron chi connectivity index (χ0n) is 22.5. The molecule has 2 atom stereocenters. The molecular formula is C32H36N2O5. The second kappa shape index (κ2) is 11.5. The van der Waals surface area contributed by atoms with Crippen LogP contribution in [0.1, 0.15) is 55.0 Å². The maximum absolute atomic E-state index is 13.1. The number of aliphatic carboxylic acids is 1. The first kappa shape index (κ1) is 26.8. The number of amides is 1. The molecule has 0 saturated carbocycles. The molecule has 3 aliphatic heterocycles. The molecule has 2 N–H and O–H groups in total. The molecular weight excluding hydrogens is 492 g/mol. The van der Waals surface area contributed by atoms with E-state index in [4.69, 9.17) is 9.47 Å². The Balaban J connectivity index is 1.27. The van der Waals surface area contributed by atoms with Crippen LogP contribution in [0.2, 0.25) is 0 Å². The van der Waals surface area contributed by atoms with Gasteiger partial charge >= 0.3 is 12.1 Å². The maximum Gasteiger partial charge on any atom is 0.408 e. The van der Waals surface area contributed by atoms with Crippen LogP contribution in [0.4, 0.5) is 4.79 Å². The summed E-state index contributed by atoms with van der Waals surface area (Å²) in [5, 5.41) is 12.6. The maximum atomic E-state index is 13.1. The van der Waals surface area contributed by atoms with E-state index < -0.39 is 17.5 Å². The summed E-state index contributed by atoms with van der Waals surface area (Å²) in [4.78, 5) is 27.0. The highest BCUT2D eigenvalue weighted by Gasteiger charge is 2.37. The molecule has 7 nitrogen and oxygen atoms in total. The topological polar surface area (TPSA) is 88.1 Å². The van der Waals surface area contributed by atoms with E-state index in [2.05, 4.69) is 10.2 Å². The molecule has 3 aliphatic rings. The number of hydrogen-bond acceptors (Lipinski definition) is 5. The van der Waals surface area contributed by atoms with Gasteiger partial charge in [-0.25, -0.2) is 4.79 Å². The summed E-state index contributed by atoms with van der Waals surface area (Å²) in [6, 6.07) is 24.6. The van der Waals surface area contributed by atoms with Gasteiger partial charge in [0, 0.05) is 6.54 Å². The van der Waals surface area contributed by atoms with Crippen molar-refractivity contribution in [3.63, 3.8) is 0 Å². The van der Waals surface area contributed by atoms with Crippen LogP contribution < -0.4 is 10.1 Å². The van der Waals surface area contributed by atoms with Crippen molar-refractivity contribution in [2.24, 2.45) is 5.92 Å². The molecule has 3 aromatic carbocycles. The fourth-order valence-corrected chi connectivity index (χ4v) is 5.43. The molecule has 3 saturated heterocycles. The first-order valence-corrected chi connectivity index (χ1v) is 13.6. The van der Waals surface area contributed by atoms with E-state index in [1.165, 1.54) is 0 Å². The number of carbonyl (C=O) groups is 2. The molecule has 0 aromatic heterocycles. The Labute approximate surface area is 229 Å². The van der Waals surface area contributed by atoms with Crippen molar-refractivity contribution in [1.82, 2.24) is 10.2 Å². The average Bonchev–Trinajstić information content (AvgIpc) is 2.96. The van der Waals surface area contributed by atoms with Crippen molar-refractivity contribution in [2.75, 3.05) is 19.6 Å². The number of piperidine rings is 3. The van der Waals surface area contributed by atoms with Crippen LogP contribution in [-0.2, 0) is 21.6 Å². The zero-order chi connectivity index (χ0) is 27.4. The van der Waals surface area contributed by atoms with Gasteiger partial charge in [-0.1, -0.05) is 66.7 Å². The SMILES string of the molecule is CC(C)(C(=O)O)c1ccc(COc2cccc(C(NC(=O)OC3CN4CCC3CC4)c3ccccc3)c2)cc1. The molecule has 3 heterocycles. The predicted molar refractivity (Wildman–Crippen MR) is 149 cm³/mol. The lowest BCUT2D eigenvalue weighted by Gasteiger charge is -2.43. The lowest BCUT2D eigenvalue weighted by molar-refractivity contribution is -0.142. The summed E-state index contributed by atoms with van der Waals surface area (Å²) in [7, 11) is 0. The Morgan fingerprint density at radius 2 is 1.67 bits per heavy atom. The van der Waals surface area contributed by atoms with E-state index in [-0.39, 0.29) is 12.1 Å². The lowest BCUT2D eigenvalue weighted by atomic mass is 9.84. The highest BCUT2D eigenvalue weighted by Crippen LogP contribution is 2.31. The molecule has 0 radical (unpaired) electrons. The monoisotopic (exact) mass is 528 g/mol. The number of carboxylic acid groups (broad SMARTS) is 1. The minimum atomic E-state index is -0.956. The Kier molecular flexibility index (Phi) is 7.89. The zero-order valence-corrected chi connectivity index (χ0v) is 22.5. The Morgan fingerprint density at radius 3 is 2.31 bits per heavy atom. The van der Waals surface area contributed by atoms with E-state index in [1.807, 2.05) is 78.9 Å². The van der Waals surface area contributed by atoms with Crippen molar-refractivity contribution in [1.29, 1.82) is 0 Å². The number of fused-ring (bicyclic) bond motifs is 3. The normalized spacial score (nSPS) is 21.1. The van der Waals surface area contributed by atoms with Gasteiger partial charge in [0.25, 0.3) is 0 Å². The van der Waals surface area contributed by atoms with Crippen LogP contribution in [0, 0.1) is 5.92 Å². The first-order valence-electron chi connectivity index (χ1n) is 13.6. The summed E-state index contributed by atoms with van der Waals surface area (Å²) in [6.07, 6.45) is 1.70. The van der Waals surface area contributed by atoms with Crippen LogP contribution in [0.25, 0.3) is 0 Å². The molecule has 3 aromatic rings. The molecule has 6 rings (SSSR count). The summed E-state index contributed by atoms with van der Waals surface area (Å²) in [5.41, 5.74) is 2.56. The van der Waals surface area contributed by atoms with Gasteiger partial charge < -0.3 is 19.9 Å². The van der Waals surface area contributed by atoms with Crippen molar-refractivity contribution in [3.05, 3.63) is 101 Å². The number of benzene rings is 3. The Bertz CT molecular complexity index is 1280. The van der Waals surface area contributed by atoms with Gasteiger partial charge in [0.05, 0.1) is 11.5 Å². The summed E-state index contributed by atoms with van der Waals surface area (Å²) in [5.74, 6) is 0.255.